The molecule has 0 radical (unpaired) electrons. The summed E-state index contributed by atoms with van der Waals surface area (Å²) in [4.78, 5) is 20.4. The topological polar surface area (TPSA) is 66.7 Å². The van der Waals surface area contributed by atoms with Gasteiger partial charge >= 0.3 is 5.97 Å². The number of hydrogen-bond donors (Lipinski definition) is 1. The van der Waals surface area contributed by atoms with Crippen molar-refractivity contribution >= 4 is 23.3 Å². The normalized spacial score (nSPS) is 9.69. The first-order chi connectivity index (χ1) is 6.06. The molecule has 0 spiro atoms. The zero-order chi connectivity index (χ0) is 10.0. The van der Waals surface area contributed by atoms with Crippen LogP contribution in [-0.4, -0.2) is 11.1 Å². The van der Waals surface area contributed by atoms with Gasteiger partial charge in [-0.25, -0.2) is 9.18 Å². The van der Waals surface area contributed by atoms with E-state index in [0.29, 0.717) is 0 Å². The van der Waals surface area contributed by atoms with Gasteiger partial charge in [-0.3, -0.25) is 0 Å². The second-order valence-corrected chi connectivity index (χ2v) is 2.59. The smallest absolute Gasteiger partial charge is 0.337 e. The van der Waals surface area contributed by atoms with Crippen LogP contribution < -0.4 is 0 Å². The second kappa shape index (κ2) is 3.49. The molecule has 6 heteroatoms. The maximum Gasteiger partial charge on any atom is 0.337 e. The van der Waals surface area contributed by atoms with Gasteiger partial charge in [-0.15, -0.1) is 4.91 Å². The van der Waals surface area contributed by atoms with Crippen LogP contribution in [0.4, 0.5) is 10.1 Å². The van der Waals surface area contributed by atoms with Gasteiger partial charge in [-0.05, 0) is 17.3 Å². The fourth-order valence-corrected chi connectivity index (χ4v) is 1.00. The monoisotopic (exact) mass is 203 g/mol. The van der Waals surface area contributed by atoms with Crippen molar-refractivity contribution in [3.05, 3.63) is 33.4 Å². The molecule has 0 aromatic heterocycles. The number of hydrogen-bond acceptors (Lipinski definition) is 3. The molecular formula is C7H3ClFNO3. The molecule has 4 nitrogen and oxygen atoms in total. The van der Waals surface area contributed by atoms with E-state index >= 15 is 0 Å². The summed E-state index contributed by atoms with van der Waals surface area (Å²) in [6.45, 7) is 0. The van der Waals surface area contributed by atoms with E-state index in [-0.39, 0.29) is 10.6 Å². The summed E-state index contributed by atoms with van der Waals surface area (Å²) in [6, 6.07) is 1.52. The van der Waals surface area contributed by atoms with Crippen molar-refractivity contribution in [3.63, 3.8) is 0 Å². The minimum absolute atomic E-state index is 0.266. The van der Waals surface area contributed by atoms with Crippen molar-refractivity contribution in [2.45, 2.75) is 0 Å². The first kappa shape index (κ1) is 9.60. The van der Waals surface area contributed by atoms with Crippen molar-refractivity contribution in [1.82, 2.24) is 0 Å². The molecule has 0 aliphatic heterocycles. The molecule has 0 aliphatic rings. The lowest BCUT2D eigenvalue weighted by Crippen LogP contribution is -1.97. The van der Waals surface area contributed by atoms with Crippen LogP contribution in [0.1, 0.15) is 10.4 Å². The Morgan fingerprint density at radius 2 is 2.15 bits per heavy atom. The lowest BCUT2D eigenvalue weighted by molar-refractivity contribution is 0.0697. The standard InChI is InChI=1S/C7H3ClFNO3/c8-4-2-5(9)6(10-13)1-3(4)7(11)12/h1-2H,(H,11,12). The average molecular weight is 204 g/mol. The number of halogens is 2. The van der Waals surface area contributed by atoms with Gasteiger partial charge in [0.25, 0.3) is 0 Å². The summed E-state index contributed by atoms with van der Waals surface area (Å²) in [5, 5.41) is 10.6. The van der Waals surface area contributed by atoms with Crippen molar-refractivity contribution < 1.29 is 14.3 Å². The highest BCUT2D eigenvalue weighted by atomic mass is 35.5. The first-order valence-electron chi connectivity index (χ1n) is 3.12. The van der Waals surface area contributed by atoms with Crippen LogP contribution in [0.5, 0.6) is 0 Å². The van der Waals surface area contributed by atoms with E-state index in [1.807, 2.05) is 0 Å². The number of carbonyl (C=O) groups is 1. The summed E-state index contributed by atoms with van der Waals surface area (Å²) < 4.78 is 12.7. The summed E-state index contributed by atoms with van der Waals surface area (Å²) in [6.07, 6.45) is 0. The lowest BCUT2D eigenvalue weighted by Gasteiger charge is -1.99. The largest absolute Gasteiger partial charge is 0.478 e. The number of carboxylic acid groups (broad SMARTS) is 1. The summed E-state index contributed by atoms with van der Waals surface area (Å²) >= 11 is 5.39. The van der Waals surface area contributed by atoms with Crippen molar-refractivity contribution in [3.8, 4) is 0 Å². The first-order valence-corrected chi connectivity index (χ1v) is 3.49. The Morgan fingerprint density at radius 1 is 1.54 bits per heavy atom. The zero-order valence-corrected chi connectivity index (χ0v) is 6.88. The third-order valence-corrected chi connectivity index (χ3v) is 1.68. The van der Waals surface area contributed by atoms with E-state index in [2.05, 4.69) is 5.18 Å². The van der Waals surface area contributed by atoms with Crippen LogP contribution >= 0.6 is 11.6 Å². The molecule has 13 heavy (non-hydrogen) atoms. The van der Waals surface area contributed by atoms with Gasteiger partial charge in [0.2, 0.25) is 0 Å². The van der Waals surface area contributed by atoms with E-state index in [0.717, 1.165) is 12.1 Å². The van der Waals surface area contributed by atoms with Crippen molar-refractivity contribution in [2.75, 3.05) is 0 Å². The predicted molar refractivity (Wildman–Crippen MR) is 43.8 cm³/mol. The van der Waals surface area contributed by atoms with Gasteiger partial charge in [0.05, 0.1) is 10.6 Å². The highest BCUT2D eigenvalue weighted by molar-refractivity contribution is 6.33. The van der Waals surface area contributed by atoms with E-state index in [1.165, 1.54) is 0 Å². The molecule has 0 atom stereocenters. The van der Waals surface area contributed by atoms with Crippen LogP contribution in [0.15, 0.2) is 17.3 Å². The number of aromatic carboxylic acids is 1. The van der Waals surface area contributed by atoms with Gasteiger partial charge in [-0.1, -0.05) is 11.6 Å². The lowest BCUT2D eigenvalue weighted by atomic mass is 10.2. The Labute approximate surface area is 76.9 Å². The summed E-state index contributed by atoms with van der Waals surface area (Å²) in [7, 11) is 0. The van der Waals surface area contributed by atoms with Crippen LogP contribution in [-0.2, 0) is 0 Å². The quantitative estimate of drug-likeness (QED) is 0.751. The van der Waals surface area contributed by atoms with Gasteiger partial charge in [0.1, 0.15) is 5.69 Å². The van der Waals surface area contributed by atoms with E-state index in [9.17, 15) is 14.1 Å². The number of nitroso groups, excluding NO2 is 1. The minimum atomic E-state index is -1.34. The van der Waals surface area contributed by atoms with Gasteiger partial charge < -0.3 is 5.11 Å². The SMILES string of the molecule is O=Nc1cc(C(=O)O)c(Cl)cc1F. The third-order valence-electron chi connectivity index (χ3n) is 1.37. The molecule has 0 heterocycles. The molecule has 0 saturated carbocycles. The number of carboxylic acids is 1. The number of rotatable bonds is 2. The maximum atomic E-state index is 12.7. The second-order valence-electron chi connectivity index (χ2n) is 2.18. The Balaban J connectivity index is 3.38. The van der Waals surface area contributed by atoms with Gasteiger partial charge in [-0.2, -0.15) is 0 Å². The molecule has 0 aliphatic carbocycles. The molecule has 68 valence electrons. The van der Waals surface area contributed by atoms with Crippen LogP contribution in [0.2, 0.25) is 5.02 Å². The highest BCUT2D eigenvalue weighted by Crippen LogP contribution is 2.25. The third kappa shape index (κ3) is 1.81. The Kier molecular flexibility index (Phi) is 2.57. The molecule has 1 aromatic rings. The maximum absolute atomic E-state index is 12.7. The van der Waals surface area contributed by atoms with E-state index in [4.69, 9.17) is 16.7 Å². The Bertz CT molecular complexity index is 380. The summed E-state index contributed by atoms with van der Waals surface area (Å²) in [5.41, 5.74) is -0.917. The molecule has 1 rings (SSSR count). The molecule has 0 fully saturated rings. The Hall–Kier alpha value is -1.49. The van der Waals surface area contributed by atoms with Crippen molar-refractivity contribution in [1.29, 1.82) is 0 Å². The molecule has 1 N–H and O–H groups in total. The van der Waals surface area contributed by atoms with Crippen LogP contribution in [0, 0.1) is 10.7 Å². The highest BCUT2D eigenvalue weighted by Gasteiger charge is 2.13. The summed E-state index contributed by atoms with van der Waals surface area (Å²) in [5.74, 6) is -2.28. The van der Waals surface area contributed by atoms with Crippen molar-refractivity contribution in [2.24, 2.45) is 5.18 Å². The molecular weight excluding hydrogens is 201 g/mol. The Morgan fingerprint density at radius 3 is 2.62 bits per heavy atom. The molecule has 0 saturated heterocycles. The fraction of sp³-hybridized carbons (Fsp3) is 0. The molecule has 0 unspecified atom stereocenters. The number of nitrogens with zero attached hydrogens (tertiary/aromatic N) is 1. The average Bonchev–Trinajstić information content (AvgIpc) is 2.03. The van der Waals surface area contributed by atoms with E-state index in [1.54, 1.807) is 0 Å². The van der Waals surface area contributed by atoms with Gasteiger partial charge in [0.15, 0.2) is 5.82 Å². The number of benzene rings is 1. The minimum Gasteiger partial charge on any atom is -0.478 e. The zero-order valence-electron chi connectivity index (χ0n) is 6.12. The predicted octanol–water partition coefficient (Wildman–Crippen LogP) is 2.58. The molecule has 0 bridgehead atoms. The molecule has 1 aromatic carbocycles. The fourth-order valence-electron chi connectivity index (χ4n) is 0.771. The van der Waals surface area contributed by atoms with Gasteiger partial charge in [0, 0.05) is 0 Å². The molecule has 0 amide bonds. The van der Waals surface area contributed by atoms with E-state index < -0.39 is 17.5 Å². The van der Waals surface area contributed by atoms with Crippen LogP contribution in [0.3, 0.4) is 0 Å². The van der Waals surface area contributed by atoms with Crippen LogP contribution in [0.25, 0.3) is 0 Å².